The Bertz CT molecular complexity index is 637. The second-order valence-corrected chi connectivity index (χ2v) is 5.85. The number of hydrogen-bond donors (Lipinski definition) is 1. The maximum absolute atomic E-state index is 13.1. The van der Waals surface area contributed by atoms with Crippen LogP contribution in [0.25, 0.3) is 0 Å². The fraction of sp³-hybridized carbons (Fsp3) is 0.294. The molecule has 0 saturated heterocycles. The fourth-order valence-electron chi connectivity index (χ4n) is 2.94. The van der Waals surface area contributed by atoms with Crippen molar-refractivity contribution in [2.45, 2.75) is 25.3 Å². The van der Waals surface area contributed by atoms with Gasteiger partial charge in [0.15, 0.2) is 0 Å². The smallest absolute Gasteiger partial charge is 0.126 e. The molecule has 0 heterocycles. The molecule has 0 amide bonds. The molecule has 3 rings (SSSR count). The molecule has 2 aromatic rings. The summed E-state index contributed by atoms with van der Waals surface area (Å²) in [6, 6.07) is 9.94. The van der Waals surface area contributed by atoms with Crippen molar-refractivity contribution in [2.24, 2.45) is 0 Å². The van der Waals surface area contributed by atoms with Crippen LogP contribution < -0.4 is 5.32 Å². The van der Waals surface area contributed by atoms with Gasteiger partial charge < -0.3 is 5.32 Å². The van der Waals surface area contributed by atoms with E-state index < -0.39 is 11.6 Å². The Morgan fingerprint density at radius 3 is 2.62 bits per heavy atom. The van der Waals surface area contributed by atoms with Crippen LogP contribution in [-0.4, -0.2) is 6.54 Å². The van der Waals surface area contributed by atoms with Crippen molar-refractivity contribution in [1.82, 2.24) is 5.32 Å². The SMILES string of the molecule is Fc1cc(F)cc(CCNC2CCc3cc(Cl)ccc32)c1. The summed E-state index contributed by atoms with van der Waals surface area (Å²) >= 11 is 5.99. The minimum Gasteiger partial charge on any atom is -0.310 e. The molecular weight excluding hydrogens is 292 g/mol. The van der Waals surface area contributed by atoms with E-state index in [2.05, 4.69) is 11.4 Å². The zero-order valence-corrected chi connectivity index (χ0v) is 12.3. The van der Waals surface area contributed by atoms with Gasteiger partial charge in [-0.1, -0.05) is 17.7 Å². The molecular formula is C17H16ClF2N. The third kappa shape index (κ3) is 3.42. The molecule has 0 aromatic heterocycles. The molecule has 1 aliphatic carbocycles. The molecule has 0 bridgehead atoms. The monoisotopic (exact) mass is 307 g/mol. The molecule has 1 N–H and O–H groups in total. The Hall–Kier alpha value is -1.45. The van der Waals surface area contributed by atoms with E-state index in [1.54, 1.807) is 0 Å². The highest BCUT2D eigenvalue weighted by atomic mass is 35.5. The zero-order valence-electron chi connectivity index (χ0n) is 11.5. The van der Waals surface area contributed by atoms with E-state index >= 15 is 0 Å². The Labute approximate surface area is 127 Å². The Morgan fingerprint density at radius 2 is 1.86 bits per heavy atom. The van der Waals surface area contributed by atoms with Gasteiger partial charge in [0, 0.05) is 17.1 Å². The topological polar surface area (TPSA) is 12.0 Å². The molecule has 1 unspecified atom stereocenters. The lowest BCUT2D eigenvalue weighted by molar-refractivity contribution is 0.530. The second-order valence-electron chi connectivity index (χ2n) is 5.42. The molecule has 1 aliphatic rings. The van der Waals surface area contributed by atoms with Gasteiger partial charge in [0.05, 0.1) is 0 Å². The number of benzene rings is 2. The highest BCUT2D eigenvalue weighted by molar-refractivity contribution is 6.30. The van der Waals surface area contributed by atoms with Crippen LogP contribution in [0, 0.1) is 11.6 Å². The molecule has 1 atom stereocenters. The summed E-state index contributed by atoms with van der Waals surface area (Å²) in [6.45, 7) is 0.690. The fourth-order valence-corrected chi connectivity index (χ4v) is 3.14. The van der Waals surface area contributed by atoms with Gasteiger partial charge in [0.25, 0.3) is 0 Å². The molecule has 110 valence electrons. The van der Waals surface area contributed by atoms with E-state index in [-0.39, 0.29) is 0 Å². The number of halogens is 3. The second kappa shape index (κ2) is 6.12. The predicted octanol–water partition coefficient (Wildman–Crippen LogP) is 4.44. The van der Waals surface area contributed by atoms with Crippen LogP contribution in [0.4, 0.5) is 8.78 Å². The Morgan fingerprint density at radius 1 is 1.10 bits per heavy atom. The highest BCUT2D eigenvalue weighted by Crippen LogP contribution is 2.32. The summed E-state index contributed by atoms with van der Waals surface area (Å²) in [4.78, 5) is 0. The van der Waals surface area contributed by atoms with Crippen molar-refractivity contribution >= 4 is 11.6 Å². The van der Waals surface area contributed by atoms with Crippen LogP contribution >= 0.6 is 11.6 Å². The van der Waals surface area contributed by atoms with Crippen molar-refractivity contribution in [3.63, 3.8) is 0 Å². The first-order valence-electron chi connectivity index (χ1n) is 7.08. The number of rotatable bonds is 4. The van der Waals surface area contributed by atoms with E-state index in [0.29, 0.717) is 24.6 Å². The third-order valence-corrected chi connectivity index (χ3v) is 4.14. The normalized spacial score (nSPS) is 17.0. The minimum atomic E-state index is -0.522. The minimum absolute atomic E-state index is 0.302. The van der Waals surface area contributed by atoms with Gasteiger partial charge in [0.2, 0.25) is 0 Å². The molecule has 0 radical (unpaired) electrons. The van der Waals surface area contributed by atoms with Crippen molar-refractivity contribution in [1.29, 1.82) is 0 Å². The van der Waals surface area contributed by atoms with E-state index in [1.165, 1.54) is 23.3 Å². The molecule has 2 aromatic carbocycles. The first-order chi connectivity index (χ1) is 10.1. The average Bonchev–Trinajstić information content (AvgIpc) is 2.80. The van der Waals surface area contributed by atoms with E-state index in [4.69, 9.17) is 11.6 Å². The van der Waals surface area contributed by atoms with Crippen molar-refractivity contribution in [3.05, 3.63) is 69.7 Å². The van der Waals surface area contributed by atoms with Crippen molar-refractivity contribution in [3.8, 4) is 0 Å². The van der Waals surface area contributed by atoms with Crippen LogP contribution in [0.3, 0.4) is 0 Å². The quantitative estimate of drug-likeness (QED) is 0.880. The van der Waals surface area contributed by atoms with Crippen LogP contribution in [0.2, 0.25) is 5.02 Å². The molecule has 0 aliphatic heterocycles. The Kier molecular flexibility index (Phi) is 4.22. The van der Waals surface area contributed by atoms with Gasteiger partial charge in [-0.25, -0.2) is 8.78 Å². The van der Waals surface area contributed by atoms with E-state index in [9.17, 15) is 8.78 Å². The van der Waals surface area contributed by atoms with Crippen LogP contribution in [0.5, 0.6) is 0 Å². The number of hydrogen-bond acceptors (Lipinski definition) is 1. The van der Waals surface area contributed by atoms with E-state index in [1.807, 2.05) is 12.1 Å². The highest BCUT2D eigenvalue weighted by Gasteiger charge is 2.21. The maximum Gasteiger partial charge on any atom is 0.126 e. The summed E-state index contributed by atoms with van der Waals surface area (Å²) in [5, 5.41) is 4.22. The molecule has 1 nitrogen and oxygen atoms in total. The van der Waals surface area contributed by atoms with Gasteiger partial charge in [-0.05, 0) is 66.8 Å². The third-order valence-electron chi connectivity index (χ3n) is 3.91. The lowest BCUT2D eigenvalue weighted by atomic mass is 10.1. The maximum atomic E-state index is 13.1. The summed E-state index contributed by atoms with van der Waals surface area (Å²) in [7, 11) is 0. The molecule has 21 heavy (non-hydrogen) atoms. The Balaban J connectivity index is 1.60. The molecule has 0 spiro atoms. The van der Waals surface area contributed by atoms with Crippen LogP contribution in [0.1, 0.15) is 29.2 Å². The summed E-state index contributed by atoms with van der Waals surface area (Å²) in [6.07, 6.45) is 2.66. The molecule has 0 fully saturated rings. The summed E-state index contributed by atoms with van der Waals surface area (Å²) in [5.41, 5.74) is 3.25. The van der Waals surface area contributed by atoms with Gasteiger partial charge in [0.1, 0.15) is 11.6 Å². The van der Waals surface area contributed by atoms with Gasteiger partial charge in [-0.3, -0.25) is 0 Å². The molecule has 4 heteroatoms. The van der Waals surface area contributed by atoms with Crippen LogP contribution in [0.15, 0.2) is 36.4 Å². The van der Waals surface area contributed by atoms with Gasteiger partial charge in [-0.15, -0.1) is 0 Å². The summed E-state index contributed by atoms with van der Waals surface area (Å²) in [5.74, 6) is -1.04. The number of nitrogens with one attached hydrogen (secondary N) is 1. The zero-order chi connectivity index (χ0) is 14.8. The van der Waals surface area contributed by atoms with Gasteiger partial charge in [-0.2, -0.15) is 0 Å². The van der Waals surface area contributed by atoms with Gasteiger partial charge >= 0.3 is 0 Å². The first kappa shape index (κ1) is 14.5. The standard InChI is InChI=1S/C17H16ClF2N/c18-13-2-3-16-12(9-13)1-4-17(16)21-6-5-11-7-14(19)10-15(20)8-11/h2-3,7-10,17,21H,1,4-6H2. The number of aryl methyl sites for hydroxylation is 1. The van der Waals surface area contributed by atoms with E-state index in [0.717, 1.165) is 23.9 Å². The average molecular weight is 308 g/mol. The largest absolute Gasteiger partial charge is 0.310 e. The number of fused-ring (bicyclic) bond motifs is 1. The van der Waals surface area contributed by atoms with Crippen molar-refractivity contribution < 1.29 is 8.78 Å². The first-order valence-corrected chi connectivity index (χ1v) is 7.46. The molecule has 0 saturated carbocycles. The summed E-state index contributed by atoms with van der Waals surface area (Å²) < 4.78 is 26.2. The lowest BCUT2D eigenvalue weighted by Gasteiger charge is -2.14. The van der Waals surface area contributed by atoms with Crippen LogP contribution in [-0.2, 0) is 12.8 Å². The van der Waals surface area contributed by atoms with Crippen molar-refractivity contribution in [2.75, 3.05) is 6.54 Å². The predicted molar refractivity (Wildman–Crippen MR) is 80.6 cm³/mol. The lowest BCUT2D eigenvalue weighted by Crippen LogP contribution is -2.22.